The van der Waals surface area contributed by atoms with Gasteiger partial charge in [-0.25, -0.2) is 13.2 Å². The maximum Gasteiger partial charge on any atom is 0.330 e. The molecule has 0 aliphatic heterocycles. The molecule has 0 bridgehead atoms. The molecular formula is C13H17NO5S. The third-order valence-corrected chi connectivity index (χ3v) is 5.17. The van der Waals surface area contributed by atoms with Crippen LogP contribution in [0.4, 0.5) is 0 Å². The Kier molecular flexibility index (Phi) is 4.54. The van der Waals surface area contributed by atoms with Crippen molar-refractivity contribution in [3.63, 3.8) is 0 Å². The maximum atomic E-state index is 12.0. The van der Waals surface area contributed by atoms with Gasteiger partial charge in [0.25, 0.3) is 0 Å². The van der Waals surface area contributed by atoms with Gasteiger partial charge in [-0.2, -0.15) is 0 Å². The number of hydrogen-bond acceptors (Lipinski definition) is 4. The molecule has 0 spiro atoms. The third-order valence-electron chi connectivity index (χ3n) is 3.13. The molecule has 1 aromatic rings. The molecule has 20 heavy (non-hydrogen) atoms. The molecule has 0 aliphatic rings. The van der Waals surface area contributed by atoms with Crippen molar-refractivity contribution in [2.24, 2.45) is 0 Å². The second kappa shape index (κ2) is 5.62. The summed E-state index contributed by atoms with van der Waals surface area (Å²) in [5, 5.41) is 11.4. The van der Waals surface area contributed by atoms with Gasteiger partial charge < -0.3 is 10.4 Å². The highest BCUT2D eigenvalue weighted by atomic mass is 32.2. The number of carbonyl (C=O) groups excluding carboxylic acids is 1. The summed E-state index contributed by atoms with van der Waals surface area (Å²) in [7, 11) is -3.66. The van der Waals surface area contributed by atoms with Crippen molar-refractivity contribution < 1.29 is 23.1 Å². The number of carbonyl (C=O) groups is 2. The molecule has 0 fully saturated rings. The first-order valence-electron chi connectivity index (χ1n) is 5.85. The Bertz CT molecular complexity index is 607. The largest absolute Gasteiger partial charge is 0.479 e. The number of aliphatic carboxylic acids is 1. The van der Waals surface area contributed by atoms with Crippen LogP contribution in [-0.4, -0.2) is 36.4 Å². The first-order valence-corrected chi connectivity index (χ1v) is 7.75. The molecule has 0 heterocycles. The topological polar surface area (TPSA) is 101 Å². The van der Waals surface area contributed by atoms with Gasteiger partial charge in [-0.1, -0.05) is 30.3 Å². The molecule has 2 N–H and O–H groups in total. The van der Waals surface area contributed by atoms with Crippen LogP contribution < -0.4 is 5.32 Å². The van der Waals surface area contributed by atoms with E-state index in [1.54, 1.807) is 30.3 Å². The second-order valence-corrected chi connectivity index (χ2v) is 7.50. The van der Waals surface area contributed by atoms with E-state index in [-0.39, 0.29) is 0 Å². The zero-order valence-electron chi connectivity index (χ0n) is 11.5. The Labute approximate surface area is 117 Å². The highest BCUT2D eigenvalue weighted by molar-refractivity contribution is 7.92. The van der Waals surface area contributed by atoms with Crippen LogP contribution >= 0.6 is 0 Å². The van der Waals surface area contributed by atoms with Crippen molar-refractivity contribution in [2.75, 3.05) is 6.26 Å². The van der Waals surface area contributed by atoms with Crippen LogP contribution in [0.3, 0.4) is 0 Å². The zero-order chi connectivity index (χ0) is 15.6. The summed E-state index contributed by atoms with van der Waals surface area (Å²) in [6, 6.07) is 6.80. The van der Waals surface area contributed by atoms with E-state index < -0.39 is 32.5 Å². The number of nitrogens with one attached hydrogen (secondary N) is 1. The Morgan fingerprint density at radius 3 is 2.10 bits per heavy atom. The van der Waals surface area contributed by atoms with Gasteiger partial charge in [-0.15, -0.1) is 0 Å². The smallest absolute Gasteiger partial charge is 0.330 e. The number of benzene rings is 1. The third kappa shape index (κ3) is 3.36. The molecule has 0 saturated carbocycles. The molecule has 1 rings (SSSR count). The van der Waals surface area contributed by atoms with Crippen molar-refractivity contribution in [1.82, 2.24) is 5.32 Å². The summed E-state index contributed by atoms with van der Waals surface area (Å²) in [5.74, 6) is -2.11. The molecule has 1 aromatic carbocycles. The van der Waals surface area contributed by atoms with E-state index in [1.807, 2.05) is 0 Å². The van der Waals surface area contributed by atoms with Crippen molar-refractivity contribution in [3.8, 4) is 0 Å². The van der Waals surface area contributed by atoms with Crippen LogP contribution in [0.25, 0.3) is 0 Å². The summed E-state index contributed by atoms with van der Waals surface area (Å²) in [6.07, 6.45) is 0.935. The van der Waals surface area contributed by atoms with Crippen molar-refractivity contribution in [2.45, 2.75) is 24.6 Å². The fraction of sp³-hybridized carbons (Fsp3) is 0.385. The van der Waals surface area contributed by atoms with Gasteiger partial charge in [0.05, 0.1) is 0 Å². The lowest BCUT2D eigenvalue weighted by molar-refractivity contribution is -0.142. The molecule has 6 nitrogen and oxygen atoms in total. The van der Waals surface area contributed by atoms with Gasteiger partial charge >= 0.3 is 5.97 Å². The molecule has 0 radical (unpaired) electrons. The Balaban J connectivity index is 3.05. The fourth-order valence-corrected chi connectivity index (χ4v) is 1.80. The summed E-state index contributed by atoms with van der Waals surface area (Å²) in [5.41, 5.74) is 0.373. The van der Waals surface area contributed by atoms with E-state index in [0.29, 0.717) is 5.56 Å². The normalized spacial score (nSPS) is 13.6. The first kappa shape index (κ1) is 16.2. The van der Waals surface area contributed by atoms with Crippen LogP contribution in [0.2, 0.25) is 0 Å². The first-order chi connectivity index (χ1) is 9.07. The van der Waals surface area contributed by atoms with Gasteiger partial charge in [0, 0.05) is 6.26 Å². The highest BCUT2D eigenvalue weighted by Gasteiger charge is 2.40. The van der Waals surface area contributed by atoms with Crippen molar-refractivity contribution in [3.05, 3.63) is 35.9 Å². The minimum absolute atomic E-state index is 0.373. The van der Waals surface area contributed by atoms with E-state index >= 15 is 0 Å². The van der Waals surface area contributed by atoms with E-state index in [0.717, 1.165) is 6.26 Å². The van der Waals surface area contributed by atoms with Gasteiger partial charge in [0.1, 0.15) is 4.75 Å². The van der Waals surface area contributed by atoms with E-state index in [2.05, 4.69) is 5.32 Å². The number of carboxylic acids is 1. The number of carboxylic acid groups (broad SMARTS) is 1. The molecule has 1 atom stereocenters. The summed E-state index contributed by atoms with van der Waals surface area (Å²) < 4.78 is 21.4. The van der Waals surface area contributed by atoms with Crippen LogP contribution in [0.5, 0.6) is 0 Å². The lowest BCUT2D eigenvalue weighted by atomic mass is 10.1. The molecule has 0 unspecified atom stereocenters. The maximum absolute atomic E-state index is 12.0. The lowest BCUT2D eigenvalue weighted by Gasteiger charge is -2.24. The van der Waals surface area contributed by atoms with Crippen molar-refractivity contribution >= 4 is 21.7 Å². The van der Waals surface area contributed by atoms with Crippen LogP contribution in [0.15, 0.2) is 30.3 Å². The fourth-order valence-electron chi connectivity index (χ4n) is 1.41. The number of rotatable bonds is 5. The molecule has 7 heteroatoms. The Morgan fingerprint density at radius 2 is 1.70 bits per heavy atom. The minimum Gasteiger partial charge on any atom is -0.479 e. The highest BCUT2D eigenvalue weighted by Crippen LogP contribution is 2.19. The van der Waals surface area contributed by atoms with Crippen LogP contribution in [0, 0.1) is 0 Å². The van der Waals surface area contributed by atoms with Crippen LogP contribution in [-0.2, 0) is 19.4 Å². The van der Waals surface area contributed by atoms with E-state index in [9.17, 15) is 23.1 Å². The predicted octanol–water partition coefficient (Wildman–Crippen LogP) is 0.752. The van der Waals surface area contributed by atoms with Gasteiger partial charge in [0.2, 0.25) is 5.91 Å². The molecule has 110 valence electrons. The summed E-state index contributed by atoms with van der Waals surface area (Å²) in [4.78, 5) is 23.3. The molecule has 0 aromatic heterocycles. The monoisotopic (exact) mass is 299 g/mol. The number of amides is 1. The quantitative estimate of drug-likeness (QED) is 0.835. The molecular weight excluding hydrogens is 282 g/mol. The summed E-state index contributed by atoms with van der Waals surface area (Å²) in [6.45, 7) is 2.48. The van der Waals surface area contributed by atoms with Gasteiger partial charge in [-0.3, -0.25) is 4.79 Å². The second-order valence-electron chi connectivity index (χ2n) is 4.94. The average Bonchev–Trinajstić information content (AvgIpc) is 2.34. The van der Waals surface area contributed by atoms with E-state index in [4.69, 9.17) is 0 Å². The Morgan fingerprint density at radius 1 is 1.20 bits per heavy atom. The minimum atomic E-state index is -3.66. The SMILES string of the molecule is CC(C)(C(=O)N[C@H](C(=O)O)c1ccccc1)S(C)(=O)=O. The van der Waals surface area contributed by atoms with Gasteiger partial charge in [-0.05, 0) is 19.4 Å². The summed E-state index contributed by atoms with van der Waals surface area (Å²) >= 11 is 0. The van der Waals surface area contributed by atoms with Crippen LogP contribution in [0.1, 0.15) is 25.5 Å². The molecule has 0 aliphatic carbocycles. The van der Waals surface area contributed by atoms with E-state index in [1.165, 1.54) is 13.8 Å². The molecule has 1 amide bonds. The number of hydrogen-bond donors (Lipinski definition) is 2. The molecule has 0 saturated heterocycles. The van der Waals surface area contributed by atoms with Gasteiger partial charge in [0.15, 0.2) is 15.9 Å². The zero-order valence-corrected chi connectivity index (χ0v) is 12.3. The standard InChI is InChI=1S/C13H17NO5S/c1-13(2,20(3,18)19)12(17)14-10(11(15)16)9-7-5-4-6-8-9/h4-8,10H,1-3H3,(H,14,17)(H,15,16)/t10-/m0/s1. The Hall–Kier alpha value is -1.89. The lowest BCUT2D eigenvalue weighted by Crippen LogP contribution is -2.49. The average molecular weight is 299 g/mol. The number of sulfone groups is 1. The van der Waals surface area contributed by atoms with Crippen molar-refractivity contribution in [1.29, 1.82) is 0 Å². The predicted molar refractivity (Wildman–Crippen MR) is 73.9 cm³/mol.